The number of hydrogen-bond donors (Lipinski definition) is 1. The molecule has 0 aliphatic carbocycles. The molecule has 1 amide bonds. The van der Waals surface area contributed by atoms with Gasteiger partial charge in [0.2, 0.25) is 0 Å². The van der Waals surface area contributed by atoms with Crippen LogP contribution in [0, 0.1) is 5.82 Å². The number of hydrogen-bond acceptors (Lipinski definition) is 3. The molecule has 0 spiro atoms. The van der Waals surface area contributed by atoms with Crippen LogP contribution in [0.5, 0.6) is 11.5 Å². The van der Waals surface area contributed by atoms with Gasteiger partial charge in [-0.15, -0.1) is 0 Å². The highest BCUT2D eigenvalue weighted by Gasteiger charge is 2.19. The van der Waals surface area contributed by atoms with Gasteiger partial charge in [-0.05, 0) is 48.4 Å². The van der Waals surface area contributed by atoms with Crippen molar-refractivity contribution in [3.05, 3.63) is 82.6 Å². The highest BCUT2D eigenvalue weighted by Crippen LogP contribution is 2.32. The summed E-state index contributed by atoms with van der Waals surface area (Å²) in [6.07, 6.45) is 0. The van der Waals surface area contributed by atoms with Crippen LogP contribution in [0.1, 0.15) is 28.9 Å². The van der Waals surface area contributed by atoms with Crippen molar-refractivity contribution in [3.8, 4) is 22.6 Å². The van der Waals surface area contributed by atoms with E-state index in [-0.39, 0.29) is 11.9 Å². The van der Waals surface area contributed by atoms with E-state index in [0.29, 0.717) is 33.2 Å². The van der Waals surface area contributed by atoms with E-state index in [9.17, 15) is 9.18 Å². The second-order valence-corrected chi connectivity index (χ2v) is 6.91. The minimum absolute atomic E-state index is 0.302. The molecule has 6 heteroatoms. The molecule has 0 aliphatic rings. The average molecular weight is 414 g/mol. The van der Waals surface area contributed by atoms with Crippen molar-refractivity contribution < 1.29 is 18.7 Å². The maximum atomic E-state index is 14.5. The molecule has 0 aliphatic heterocycles. The molecule has 1 atom stereocenters. The summed E-state index contributed by atoms with van der Waals surface area (Å²) in [5.41, 5.74) is 2.29. The zero-order valence-corrected chi connectivity index (χ0v) is 17.1. The second kappa shape index (κ2) is 8.97. The summed E-state index contributed by atoms with van der Waals surface area (Å²) in [5.74, 6) is 0.282. The second-order valence-electron chi connectivity index (χ2n) is 6.47. The normalized spacial score (nSPS) is 11.6. The van der Waals surface area contributed by atoms with E-state index in [1.807, 2.05) is 31.2 Å². The number of rotatable bonds is 6. The fourth-order valence-electron chi connectivity index (χ4n) is 3.17. The van der Waals surface area contributed by atoms with E-state index in [0.717, 1.165) is 5.56 Å². The monoisotopic (exact) mass is 413 g/mol. The van der Waals surface area contributed by atoms with Crippen molar-refractivity contribution in [1.82, 2.24) is 5.32 Å². The standard InChI is InChI=1S/C23H21ClFNO3/c1-14(26-23(27)20-11-9-16(28-2)13-22(20)29-3)17-6-4-5-7-18(17)19-10-8-15(24)12-21(19)25/h4-14H,1-3H3,(H,26,27). The van der Waals surface area contributed by atoms with Crippen LogP contribution in [0.25, 0.3) is 11.1 Å². The molecule has 3 rings (SSSR count). The third-order valence-corrected chi connectivity index (χ3v) is 4.88. The summed E-state index contributed by atoms with van der Waals surface area (Å²) >= 11 is 5.88. The van der Waals surface area contributed by atoms with Crippen LogP contribution in [-0.2, 0) is 0 Å². The minimum Gasteiger partial charge on any atom is -0.497 e. The lowest BCUT2D eigenvalue weighted by atomic mass is 9.95. The number of halogens is 2. The number of benzene rings is 3. The van der Waals surface area contributed by atoms with Crippen LogP contribution in [0.2, 0.25) is 5.02 Å². The fraction of sp³-hybridized carbons (Fsp3) is 0.174. The molecule has 4 nitrogen and oxygen atoms in total. The van der Waals surface area contributed by atoms with Gasteiger partial charge < -0.3 is 14.8 Å². The highest BCUT2D eigenvalue weighted by molar-refractivity contribution is 6.30. The van der Waals surface area contributed by atoms with Gasteiger partial charge in [0.15, 0.2) is 0 Å². The molecule has 3 aromatic carbocycles. The summed E-state index contributed by atoms with van der Waals surface area (Å²) in [6, 6.07) is 16.5. The first kappa shape index (κ1) is 20.7. The Morgan fingerprint density at radius 2 is 1.76 bits per heavy atom. The average Bonchev–Trinajstić information content (AvgIpc) is 2.73. The molecule has 1 N–H and O–H groups in total. The van der Waals surface area contributed by atoms with Crippen LogP contribution in [0.15, 0.2) is 60.7 Å². The van der Waals surface area contributed by atoms with E-state index in [1.54, 1.807) is 37.4 Å². The smallest absolute Gasteiger partial charge is 0.255 e. The van der Waals surface area contributed by atoms with Crippen molar-refractivity contribution in [3.63, 3.8) is 0 Å². The van der Waals surface area contributed by atoms with Gasteiger partial charge in [0.25, 0.3) is 5.91 Å². The van der Waals surface area contributed by atoms with E-state index >= 15 is 0 Å². The molecule has 29 heavy (non-hydrogen) atoms. The molecule has 0 saturated carbocycles. The van der Waals surface area contributed by atoms with Gasteiger partial charge in [0.1, 0.15) is 17.3 Å². The van der Waals surface area contributed by atoms with Crippen molar-refractivity contribution in [1.29, 1.82) is 0 Å². The molecular formula is C23H21ClFNO3. The number of carbonyl (C=O) groups excluding carboxylic acids is 1. The SMILES string of the molecule is COc1ccc(C(=O)NC(C)c2ccccc2-c2ccc(Cl)cc2F)c(OC)c1. The van der Waals surface area contributed by atoms with Gasteiger partial charge in [0.05, 0.1) is 25.8 Å². The summed E-state index contributed by atoms with van der Waals surface area (Å²) in [7, 11) is 3.04. The molecule has 0 radical (unpaired) electrons. The van der Waals surface area contributed by atoms with E-state index in [4.69, 9.17) is 21.1 Å². The Morgan fingerprint density at radius 3 is 2.45 bits per heavy atom. The summed E-state index contributed by atoms with van der Waals surface area (Å²) in [4.78, 5) is 12.8. The molecular weight excluding hydrogens is 393 g/mol. The lowest BCUT2D eigenvalue weighted by molar-refractivity contribution is 0.0937. The van der Waals surface area contributed by atoms with Crippen molar-refractivity contribution in [2.45, 2.75) is 13.0 Å². The number of nitrogens with one attached hydrogen (secondary N) is 1. The van der Waals surface area contributed by atoms with E-state index < -0.39 is 5.82 Å². The first-order chi connectivity index (χ1) is 13.9. The summed E-state index contributed by atoms with van der Waals surface area (Å²) < 4.78 is 25.0. The number of ether oxygens (including phenoxy) is 2. The first-order valence-corrected chi connectivity index (χ1v) is 9.39. The Morgan fingerprint density at radius 1 is 1.00 bits per heavy atom. The molecule has 0 aromatic heterocycles. The van der Waals surface area contributed by atoms with Crippen molar-refractivity contribution >= 4 is 17.5 Å². The van der Waals surface area contributed by atoms with Crippen LogP contribution >= 0.6 is 11.6 Å². The summed E-state index contributed by atoms with van der Waals surface area (Å²) in [5, 5.41) is 3.29. The van der Waals surface area contributed by atoms with Gasteiger partial charge >= 0.3 is 0 Å². The van der Waals surface area contributed by atoms with Crippen LogP contribution in [-0.4, -0.2) is 20.1 Å². The molecule has 0 heterocycles. The molecule has 3 aromatic rings. The Bertz CT molecular complexity index is 1040. The Kier molecular flexibility index (Phi) is 6.39. The third kappa shape index (κ3) is 4.51. The topological polar surface area (TPSA) is 47.6 Å². The van der Waals surface area contributed by atoms with Gasteiger partial charge in [-0.25, -0.2) is 4.39 Å². The first-order valence-electron chi connectivity index (χ1n) is 9.01. The van der Waals surface area contributed by atoms with Crippen LogP contribution < -0.4 is 14.8 Å². The fourth-order valence-corrected chi connectivity index (χ4v) is 3.32. The van der Waals surface area contributed by atoms with E-state index in [1.165, 1.54) is 13.2 Å². The molecule has 1 unspecified atom stereocenters. The molecule has 0 fully saturated rings. The van der Waals surface area contributed by atoms with Gasteiger partial charge in [-0.3, -0.25) is 4.79 Å². The van der Waals surface area contributed by atoms with Gasteiger partial charge in [-0.2, -0.15) is 0 Å². The van der Waals surface area contributed by atoms with E-state index in [2.05, 4.69) is 5.32 Å². The van der Waals surface area contributed by atoms with Gasteiger partial charge in [0, 0.05) is 16.7 Å². The van der Waals surface area contributed by atoms with Crippen molar-refractivity contribution in [2.75, 3.05) is 14.2 Å². The Balaban J connectivity index is 1.90. The van der Waals surface area contributed by atoms with Crippen LogP contribution in [0.4, 0.5) is 4.39 Å². The number of carbonyl (C=O) groups is 1. The number of methoxy groups -OCH3 is 2. The predicted molar refractivity (Wildman–Crippen MR) is 112 cm³/mol. The maximum Gasteiger partial charge on any atom is 0.255 e. The zero-order valence-electron chi connectivity index (χ0n) is 16.3. The Hall–Kier alpha value is -3.05. The summed E-state index contributed by atoms with van der Waals surface area (Å²) in [6.45, 7) is 1.85. The molecule has 0 saturated heterocycles. The van der Waals surface area contributed by atoms with Crippen LogP contribution in [0.3, 0.4) is 0 Å². The minimum atomic E-state index is -0.416. The predicted octanol–water partition coefficient (Wildman–Crippen LogP) is 5.65. The molecule has 0 bridgehead atoms. The lowest BCUT2D eigenvalue weighted by Gasteiger charge is -2.19. The lowest BCUT2D eigenvalue weighted by Crippen LogP contribution is -2.27. The zero-order chi connectivity index (χ0) is 21.0. The number of amides is 1. The highest BCUT2D eigenvalue weighted by atomic mass is 35.5. The van der Waals surface area contributed by atoms with Gasteiger partial charge in [-0.1, -0.05) is 35.9 Å². The van der Waals surface area contributed by atoms with Crippen molar-refractivity contribution in [2.24, 2.45) is 0 Å². The maximum absolute atomic E-state index is 14.5. The quantitative estimate of drug-likeness (QED) is 0.567. The Labute approximate surface area is 174 Å². The largest absolute Gasteiger partial charge is 0.497 e. The molecule has 150 valence electrons. The third-order valence-electron chi connectivity index (χ3n) is 4.65.